The highest BCUT2D eigenvalue weighted by atomic mass is 79.9. The summed E-state index contributed by atoms with van der Waals surface area (Å²) in [6, 6.07) is 10.7. The van der Waals surface area contributed by atoms with Crippen LogP contribution in [0.3, 0.4) is 0 Å². The Kier molecular flexibility index (Phi) is 9.39. The first kappa shape index (κ1) is 26.4. The fourth-order valence-electron chi connectivity index (χ4n) is 3.16. The summed E-state index contributed by atoms with van der Waals surface area (Å²) in [5.41, 5.74) is 0.910. The zero-order chi connectivity index (χ0) is 24.1. The highest BCUT2D eigenvalue weighted by molar-refractivity contribution is 9.10. The first-order chi connectivity index (χ1) is 15.0. The molecule has 7 nitrogen and oxygen atoms in total. The highest BCUT2D eigenvalue weighted by Crippen LogP contribution is 2.25. The summed E-state index contributed by atoms with van der Waals surface area (Å²) in [5, 5.41) is 3.34. The van der Waals surface area contributed by atoms with Crippen LogP contribution >= 0.6 is 39.1 Å². The molecule has 0 bridgehead atoms. The number of amides is 2. The van der Waals surface area contributed by atoms with Crippen LogP contribution in [0.15, 0.2) is 46.9 Å². The molecule has 0 fully saturated rings. The zero-order valence-corrected chi connectivity index (χ0v) is 21.7. The van der Waals surface area contributed by atoms with Crippen LogP contribution in [-0.2, 0) is 26.2 Å². The van der Waals surface area contributed by atoms with Crippen molar-refractivity contribution in [2.24, 2.45) is 0 Å². The molecule has 0 saturated heterocycles. The van der Waals surface area contributed by atoms with Gasteiger partial charge in [-0.25, -0.2) is 8.42 Å². The van der Waals surface area contributed by atoms with Gasteiger partial charge in [-0.2, -0.15) is 0 Å². The molecule has 0 heterocycles. The lowest BCUT2D eigenvalue weighted by Crippen LogP contribution is -2.51. The van der Waals surface area contributed by atoms with E-state index in [0.29, 0.717) is 32.2 Å². The molecule has 1 unspecified atom stereocenters. The van der Waals surface area contributed by atoms with Gasteiger partial charge in [-0.05, 0) is 42.3 Å². The fourth-order valence-corrected chi connectivity index (χ4v) is 4.86. The van der Waals surface area contributed by atoms with Gasteiger partial charge >= 0.3 is 0 Å². The molecule has 32 heavy (non-hydrogen) atoms. The number of hydrogen-bond acceptors (Lipinski definition) is 4. The van der Waals surface area contributed by atoms with Crippen LogP contribution < -0.4 is 9.62 Å². The minimum absolute atomic E-state index is 0.0108. The third kappa shape index (κ3) is 6.84. The SMILES string of the molecule is CCC(C(=O)NC)N(Cc1ccc(Cl)cc1Cl)C(=O)CN(c1cccc(Br)c1)S(C)(=O)=O. The number of likely N-dealkylation sites (N-methyl/N-ethyl adjacent to an activating group) is 1. The number of halogens is 3. The summed E-state index contributed by atoms with van der Waals surface area (Å²) in [6.07, 6.45) is 1.35. The van der Waals surface area contributed by atoms with Crippen molar-refractivity contribution in [3.8, 4) is 0 Å². The Bertz CT molecular complexity index is 1100. The van der Waals surface area contributed by atoms with Crippen molar-refractivity contribution in [1.82, 2.24) is 10.2 Å². The van der Waals surface area contributed by atoms with Crippen molar-refractivity contribution < 1.29 is 18.0 Å². The second kappa shape index (κ2) is 11.4. The van der Waals surface area contributed by atoms with Crippen molar-refractivity contribution in [1.29, 1.82) is 0 Å². The molecule has 2 rings (SSSR count). The minimum Gasteiger partial charge on any atom is -0.357 e. The first-order valence-electron chi connectivity index (χ1n) is 9.66. The molecular formula is C21H24BrCl2N3O4S. The van der Waals surface area contributed by atoms with Crippen molar-refractivity contribution in [3.05, 3.63) is 62.5 Å². The number of benzene rings is 2. The van der Waals surface area contributed by atoms with E-state index in [-0.39, 0.29) is 12.5 Å². The molecule has 0 aliphatic rings. The molecule has 2 amide bonds. The van der Waals surface area contributed by atoms with Crippen molar-refractivity contribution in [2.45, 2.75) is 25.9 Å². The average Bonchev–Trinajstić information content (AvgIpc) is 2.72. The van der Waals surface area contributed by atoms with Crippen molar-refractivity contribution in [3.63, 3.8) is 0 Å². The molecule has 0 aliphatic heterocycles. The molecule has 1 N–H and O–H groups in total. The summed E-state index contributed by atoms with van der Waals surface area (Å²) in [7, 11) is -2.31. The second-order valence-corrected chi connectivity index (χ2v) is 10.7. The largest absolute Gasteiger partial charge is 0.357 e. The van der Waals surface area contributed by atoms with E-state index in [1.165, 1.54) is 11.9 Å². The van der Waals surface area contributed by atoms with Gasteiger partial charge in [0.05, 0.1) is 11.9 Å². The zero-order valence-electron chi connectivity index (χ0n) is 17.8. The topological polar surface area (TPSA) is 86.8 Å². The highest BCUT2D eigenvalue weighted by Gasteiger charge is 2.31. The molecule has 174 valence electrons. The summed E-state index contributed by atoms with van der Waals surface area (Å²) < 4.78 is 26.7. The van der Waals surface area contributed by atoms with E-state index >= 15 is 0 Å². The van der Waals surface area contributed by atoms with Crippen LogP contribution in [0.25, 0.3) is 0 Å². The Morgan fingerprint density at radius 2 is 1.84 bits per heavy atom. The Labute approximate surface area is 206 Å². The lowest BCUT2D eigenvalue weighted by atomic mass is 10.1. The Balaban J connectivity index is 2.46. The van der Waals surface area contributed by atoms with Gasteiger partial charge < -0.3 is 10.2 Å². The fraction of sp³-hybridized carbons (Fsp3) is 0.333. The summed E-state index contributed by atoms with van der Waals surface area (Å²) >= 11 is 15.6. The lowest BCUT2D eigenvalue weighted by Gasteiger charge is -2.32. The maximum Gasteiger partial charge on any atom is 0.244 e. The van der Waals surface area contributed by atoms with Gasteiger partial charge in [-0.3, -0.25) is 13.9 Å². The monoisotopic (exact) mass is 563 g/mol. The molecule has 1 atom stereocenters. The predicted octanol–water partition coefficient (Wildman–Crippen LogP) is 4.08. The van der Waals surface area contributed by atoms with Crippen molar-refractivity contribution >= 4 is 66.7 Å². The maximum absolute atomic E-state index is 13.4. The number of rotatable bonds is 9. The number of carbonyl (C=O) groups excluding carboxylic acids is 2. The van der Waals surface area contributed by atoms with Crippen LogP contribution in [0.4, 0.5) is 5.69 Å². The molecule has 0 aliphatic carbocycles. The predicted molar refractivity (Wildman–Crippen MR) is 131 cm³/mol. The molecule has 0 spiro atoms. The first-order valence-corrected chi connectivity index (χ1v) is 13.1. The average molecular weight is 565 g/mol. The third-order valence-electron chi connectivity index (χ3n) is 4.76. The normalized spacial score (nSPS) is 12.2. The number of nitrogens with one attached hydrogen (secondary N) is 1. The number of nitrogens with zero attached hydrogens (tertiary/aromatic N) is 2. The lowest BCUT2D eigenvalue weighted by molar-refractivity contribution is -0.140. The third-order valence-corrected chi connectivity index (χ3v) is 6.98. The molecule has 2 aromatic rings. The van der Waals surface area contributed by atoms with Crippen molar-refractivity contribution in [2.75, 3.05) is 24.2 Å². The van der Waals surface area contributed by atoms with E-state index in [9.17, 15) is 18.0 Å². The molecular weight excluding hydrogens is 541 g/mol. The van der Waals surface area contributed by atoms with E-state index in [0.717, 1.165) is 10.6 Å². The minimum atomic E-state index is -3.79. The summed E-state index contributed by atoms with van der Waals surface area (Å²) in [6.45, 7) is 1.30. The van der Waals surface area contributed by atoms with Crippen LogP contribution in [0.5, 0.6) is 0 Å². The Hall–Kier alpha value is -1.81. The van der Waals surface area contributed by atoms with E-state index in [1.54, 1.807) is 49.4 Å². The number of anilines is 1. The van der Waals surface area contributed by atoms with Gasteiger partial charge in [0.25, 0.3) is 0 Å². The molecule has 0 saturated carbocycles. The maximum atomic E-state index is 13.4. The quantitative estimate of drug-likeness (QED) is 0.497. The van der Waals surface area contributed by atoms with Gasteiger partial charge in [-0.1, -0.05) is 58.2 Å². The van der Waals surface area contributed by atoms with Crippen LogP contribution in [0.2, 0.25) is 10.0 Å². The number of sulfonamides is 1. The van der Waals surface area contributed by atoms with Crippen LogP contribution in [0, 0.1) is 0 Å². The summed E-state index contributed by atoms with van der Waals surface area (Å²) in [4.78, 5) is 27.3. The Morgan fingerprint density at radius 1 is 1.16 bits per heavy atom. The van der Waals surface area contributed by atoms with E-state index in [1.807, 2.05) is 0 Å². The number of hydrogen-bond donors (Lipinski definition) is 1. The molecule has 11 heteroatoms. The van der Waals surface area contributed by atoms with E-state index < -0.39 is 28.5 Å². The van der Waals surface area contributed by atoms with E-state index in [2.05, 4.69) is 21.2 Å². The van der Waals surface area contributed by atoms with E-state index in [4.69, 9.17) is 23.2 Å². The van der Waals surface area contributed by atoms with Gasteiger partial charge in [0.1, 0.15) is 12.6 Å². The van der Waals surface area contributed by atoms with Gasteiger partial charge in [-0.15, -0.1) is 0 Å². The molecule has 0 radical (unpaired) electrons. The van der Waals surface area contributed by atoms with Crippen LogP contribution in [-0.4, -0.2) is 51.0 Å². The number of carbonyl (C=O) groups is 2. The van der Waals surface area contributed by atoms with Crippen LogP contribution in [0.1, 0.15) is 18.9 Å². The molecule has 2 aromatic carbocycles. The van der Waals surface area contributed by atoms with Gasteiger partial charge in [0.2, 0.25) is 21.8 Å². The standard InChI is InChI=1S/C21H24BrCl2N3O4S/c1-4-19(21(29)25-2)26(12-14-8-9-16(23)11-18(14)24)20(28)13-27(32(3,30)31)17-7-5-6-15(22)10-17/h5-11,19H,4,12-13H2,1-3H3,(H,25,29). The van der Waals surface area contributed by atoms with Gasteiger partial charge in [0, 0.05) is 28.1 Å². The smallest absolute Gasteiger partial charge is 0.244 e. The van der Waals surface area contributed by atoms with Gasteiger partial charge in [0.15, 0.2) is 0 Å². The summed E-state index contributed by atoms with van der Waals surface area (Å²) in [5.74, 6) is -0.906. The second-order valence-electron chi connectivity index (χ2n) is 7.05. The Morgan fingerprint density at radius 3 is 2.38 bits per heavy atom. The molecule has 0 aromatic heterocycles.